The molecule has 176 valence electrons. The highest BCUT2D eigenvalue weighted by Crippen LogP contribution is 2.67. The Balaban J connectivity index is 1.28. The number of aliphatic hydroxyl groups excluding tert-OH is 1. The predicted molar refractivity (Wildman–Crippen MR) is 128 cm³/mol. The Morgan fingerprint density at radius 3 is 2.52 bits per heavy atom. The molecule has 31 heavy (non-hydrogen) atoms. The molecule has 1 aliphatic heterocycles. The van der Waals surface area contributed by atoms with E-state index < -0.39 is 0 Å². The van der Waals surface area contributed by atoms with Crippen LogP contribution in [0.5, 0.6) is 0 Å². The van der Waals surface area contributed by atoms with Gasteiger partial charge in [0.2, 0.25) is 0 Å². The molecule has 4 aliphatic carbocycles. The molecule has 0 bridgehead atoms. The van der Waals surface area contributed by atoms with Gasteiger partial charge >= 0.3 is 0 Å². The van der Waals surface area contributed by atoms with Crippen molar-refractivity contribution in [1.82, 2.24) is 0 Å². The SMILES string of the molecule is CC(C)[C@H](CC[C@@H](C)[C@H]1CCC2C3CC=C4C[C@@H](O)CC[C@]4(C)C3CC[C@@]21C)[C@@H]1CO1. The summed E-state index contributed by atoms with van der Waals surface area (Å²) >= 11 is 0. The number of aliphatic hydroxyl groups is 1. The van der Waals surface area contributed by atoms with Gasteiger partial charge in [-0.05, 0) is 110 Å². The van der Waals surface area contributed by atoms with E-state index in [0.717, 1.165) is 60.9 Å². The highest BCUT2D eigenvalue weighted by atomic mass is 16.6. The van der Waals surface area contributed by atoms with Crippen molar-refractivity contribution in [2.45, 2.75) is 111 Å². The summed E-state index contributed by atoms with van der Waals surface area (Å²) in [6.45, 7) is 13.6. The zero-order valence-electron chi connectivity index (χ0n) is 20.9. The van der Waals surface area contributed by atoms with Gasteiger partial charge in [0, 0.05) is 0 Å². The van der Waals surface area contributed by atoms with Crippen LogP contribution in [0.25, 0.3) is 0 Å². The molecular formula is C29H48O2. The van der Waals surface area contributed by atoms with Crippen molar-refractivity contribution in [3.63, 3.8) is 0 Å². The molecule has 2 heteroatoms. The summed E-state index contributed by atoms with van der Waals surface area (Å²) in [5, 5.41) is 10.3. The normalized spacial score (nSPS) is 48.4. The van der Waals surface area contributed by atoms with Gasteiger partial charge in [0.1, 0.15) is 0 Å². The van der Waals surface area contributed by atoms with Gasteiger partial charge in [-0.2, -0.15) is 0 Å². The minimum atomic E-state index is -0.0860. The first-order valence-electron chi connectivity index (χ1n) is 13.7. The molecular weight excluding hydrogens is 380 g/mol. The van der Waals surface area contributed by atoms with Gasteiger partial charge in [-0.15, -0.1) is 0 Å². The van der Waals surface area contributed by atoms with Crippen LogP contribution >= 0.6 is 0 Å². The molecule has 3 unspecified atom stereocenters. The number of hydrogen-bond donors (Lipinski definition) is 1. The molecule has 5 aliphatic rings. The minimum Gasteiger partial charge on any atom is -0.393 e. The molecule has 1 N–H and O–H groups in total. The van der Waals surface area contributed by atoms with Crippen LogP contribution < -0.4 is 0 Å². The Kier molecular flexibility index (Phi) is 5.91. The lowest BCUT2D eigenvalue weighted by atomic mass is 9.47. The van der Waals surface area contributed by atoms with Crippen LogP contribution in [-0.2, 0) is 4.74 Å². The molecule has 0 amide bonds. The molecule has 3 saturated carbocycles. The number of epoxide rings is 1. The van der Waals surface area contributed by atoms with Gasteiger partial charge in [0.25, 0.3) is 0 Å². The summed E-state index contributed by atoms with van der Waals surface area (Å²) < 4.78 is 5.69. The van der Waals surface area contributed by atoms with Crippen molar-refractivity contribution in [2.75, 3.05) is 6.61 Å². The average molecular weight is 429 g/mol. The fourth-order valence-corrected chi connectivity index (χ4v) is 9.52. The number of hydrogen-bond acceptors (Lipinski definition) is 2. The third kappa shape index (κ3) is 3.76. The Morgan fingerprint density at radius 2 is 1.81 bits per heavy atom. The molecule has 1 saturated heterocycles. The first kappa shape index (κ1) is 22.5. The molecule has 0 aromatic rings. The average Bonchev–Trinajstić information content (AvgIpc) is 3.48. The van der Waals surface area contributed by atoms with E-state index in [1.807, 2.05) is 0 Å². The van der Waals surface area contributed by atoms with Crippen LogP contribution in [-0.4, -0.2) is 23.9 Å². The predicted octanol–water partition coefficient (Wildman–Crippen LogP) is 7.01. The van der Waals surface area contributed by atoms with Crippen LogP contribution in [0.2, 0.25) is 0 Å². The molecule has 0 aromatic carbocycles. The number of fused-ring (bicyclic) bond motifs is 5. The van der Waals surface area contributed by atoms with Gasteiger partial charge in [-0.25, -0.2) is 0 Å². The zero-order chi connectivity index (χ0) is 22.0. The third-order valence-electron chi connectivity index (χ3n) is 11.5. The van der Waals surface area contributed by atoms with Gasteiger partial charge in [0.05, 0.1) is 18.8 Å². The summed E-state index contributed by atoms with van der Waals surface area (Å²) in [5.41, 5.74) is 2.54. The molecule has 0 aromatic heterocycles. The van der Waals surface area contributed by atoms with Crippen LogP contribution in [0.3, 0.4) is 0 Å². The summed E-state index contributed by atoms with van der Waals surface area (Å²) in [7, 11) is 0. The second kappa shape index (κ2) is 8.15. The van der Waals surface area contributed by atoms with Crippen molar-refractivity contribution in [3.05, 3.63) is 11.6 Å². The largest absolute Gasteiger partial charge is 0.393 e. The topological polar surface area (TPSA) is 32.8 Å². The number of ether oxygens (including phenoxy) is 1. The van der Waals surface area contributed by atoms with Gasteiger partial charge < -0.3 is 9.84 Å². The smallest absolute Gasteiger partial charge is 0.0840 e. The Bertz CT molecular complexity index is 691. The third-order valence-corrected chi connectivity index (χ3v) is 11.5. The Morgan fingerprint density at radius 1 is 1.03 bits per heavy atom. The van der Waals surface area contributed by atoms with Crippen molar-refractivity contribution < 1.29 is 9.84 Å². The minimum absolute atomic E-state index is 0.0860. The zero-order valence-corrected chi connectivity index (χ0v) is 20.9. The highest BCUT2D eigenvalue weighted by Gasteiger charge is 2.59. The lowest BCUT2D eigenvalue weighted by molar-refractivity contribution is -0.0575. The van der Waals surface area contributed by atoms with E-state index in [1.54, 1.807) is 5.57 Å². The lowest BCUT2D eigenvalue weighted by Crippen LogP contribution is -2.50. The van der Waals surface area contributed by atoms with E-state index in [4.69, 9.17) is 4.74 Å². The van der Waals surface area contributed by atoms with Crippen molar-refractivity contribution >= 4 is 0 Å². The standard InChI is InChI=1S/C29H48O2/c1-18(2)22(27-17-31-27)8-6-19(3)24-10-11-25-23-9-7-20-16-21(30)12-14-28(20,4)26(23)13-15-29(24,25)5/h7,18-19,21-27,30H,6,8-17H2,1-5H3/t19-,21+,22+,23?,24-,25?,26?,27+,28+,29-/m1/s1. The van der Waals surface area contributed by atoms with Gasteiger partial charge in [-0.3, -0.25) is 0 Å². The second-order valence-electron chi connectivity index (χ2n) is 13.2. The number of rotatable bonds is 6. The Labute approximate surface area is 191 Å². The van der Waals surface area contributed by atoms with Crippen LogP contribution in [0.1, 0.15) is 98.8 Å². The van der Waals surface area contributed by atoms with Crippen molar-refractivity contribution in [3.8, 4) is 0 Å². The Hall–Kier alpha value is -0.340. The monoisotopic (exact) mass is 428 g/mol. The summed E-state index contributed by atoms with van der Waals surface area (Å²) in [5.74, 6) is 5.96. The van der Waals surface area contributed by atoms with E-state index in [0.29, 0.717) is 16.9 Å². The summed E-state index contributed by atoms with van der Waals surface area (Å²) in [4.78, 5) is 0. The lowest BCUT2D eigenvalue weighted by Gasteiger charge is -2.58. The van der Waals surface area contributed by atoms with E-state index in [1.165, 1.54) is 51.4 Å². The van der Waals surface area contributed by atoms with E-state index >= 15 is 0 Å². The van der Waals surface area contributed by atoms with Crippen molar-refractivity contribution in [2.24, 2.45) is 52.3 Å². The van der Waals surface area contributed by atoms with Crippen LogP contribution in [0.4, 0.5) is 0 Å². The summed E-state index contributed by atoms with van der Waals surface area (Å²) in [6.07, 6.45) is 16.1. The van der Waals surface area contributed by atoms with Crippen LogP contribution in [0.15, 0.2) is 11.6 Å². The highest BCUT2D eigenvalue weighted by molar-refractivity contribution is 5.25. The maximum atomic E-state index is 10.3. The van der Waals surface area contributed by atoms with Gasteiger partial charge in [0.15, 0.2) is 0 Å². The van der Waals surface area contributed by atoms with Crippen molar-refractivity contribution in [1.29, 1.82) is 0 Å². The molecule has 1 heterocycles. The second-order valence-corrected chi connectivity index (χ2v) is 13.2. The number of allylic oxidation sites excluding steroid dienone is 1. The first-order chi connectivity index (χ1) is 14.7. The fourth-order valence-electron chi connectivity index (χ4n) is 9.52. The fraction of sp³-hybridized carbons (Fsp3) is 0.931. The maximum absolute atomic E-state index is 10.3. The molecule has 0 spiro atoms. The quantitative estimate of drug-likeness (QED) is 0.364. The van der Waals surface area contributed by atoms with E-state index in [-0.39, 0.29) is 6.10 Å². The maximum Gasteiger partial charge on any atom is 0.0840 e. The summed E-state index contributed by atoms with van der Waals surface area (Å²) in [6, 6.07) is 0. The van der Waals surface area contributed by atoms with Gasteiger partial charge in [-0.1, -0.05) is 52.7 Å². The van der Waals surface area contributed by atoms with E-state index in [9.17, 15) is 5.11 Å². The molecule has 5 rings (SSSR count). The molecule has 2 nitrogen and oxygen atoms in total. The molecule has 0 radical (unpaired) electrons. The molecule has 10 atom stereocenters. The van der Waals surface area contributed by atoms with E-state index in [2.05, 4.69) is 40.7 Å². The molecule has 4 fully saturated rings. The first-order valence-corrected chi connectivity index (χ1v) is 13.7. The van der Waals surface area contributed by atoms with Crippen LogP contribution in [0, 0.1) is 52.3 Å².